The van der Waals surface area contributed by atoms with E-state index in [1.807, 2.05) is 6.07 Å². The van der Waals surface area contributed by atoms with Crippen LogP contribution in [0.4, 0.5) is 0 Å². The summed E-state index contributed by atoms with van der Waals surface area (Å²) in [6.07, 6.45) is 11.6. The van der Waals surface area contributed by atoms with E-state index in [-0.39, 0.29) is 23.4 Å². The van der Waals surface area contributed by atoms with Crippen LogP contribution < -0.4 is 22.1 Å². The maximum Gasteiger partial charge on any atom is 0.417 e. The van der Waals surface area contributed by atoms with Crippen molar-refractivity contribution >= 4 is 46.2 Å². The number of nitrogens with zero attached hydrogens (tertiary/aromatic N) is 2. The van der Waals surface area contributed by atoms with E-state index in [0.717, 1.165) is 57.8 Å². The molecule has 2 aromatic heterocycles. The molecule has 0 aliphatic heterocycles. The number of hydrogen-bond donors (Lipinski definition) is 4. The van der Waals surface area contributed by atoms with Gasteiger partial charge < -0.3 is 19.5 Å². The van der Waals surface area contributed by atoms with Crippen molar-refractivity contribution in [1.29, 1.82) is 5.26 Å². The van der Waals surface area contributed by atoms with Crippen molar-refractivity contribution in [2.45, 2.75) is 69.9 Å². The SMILES string of the molecule is [C-]#[N+]/C(=C\c1ccc2[nH]c(=O)oc2c1)C(=O)NC1CCC(CC2CCC(NC(=O)/C(C#N)=C/c3ccc4[nH]c(=O)oc4c3)CC2)CC1. The van der Waals surface area contributed by atoms with Crippen LogP contribution in [0.1, 0.15) is 68.9 Å². The van der Waals surface area contributed by atoms with Crippen LogP contribution >= 0.6 is 0 Å². The third-order valence-electron chi connectivity index (χ3n) is 9.25. The van der Waals surface area contributed by atoms with Crippen molar-refractivity contribution < 1.29 is 18.4 Å². The van der Waals surface area contributed by atoms with Crippen LogP contribution in [-0.2, 0) is 9.59 Å². The minimum absolute atomic E-state index is 0.000266. The Morgan fingerprint density at radius 1 is 0.809 bits per heavy atom. The zero-order valence-corrected chi connectivity index (χ0v) is 25.6. The fourth-order valence-corrected chi connectivity index (χ4v) is 6.80. The first-order chi connectivity index (χ1) is 22.8. The van der Waals surface area contributed by atoms with Gasteiger partial charge in [-0.25, -0.2) is 14.4 Å². The number of nitriles is 1. The van der Waals surface area contributed by atoms with E-state index in [1.165, 1.54) is 12.2 Å². The highest BCUT2D eigenvalue weighted by molar-refractivity contribution is 6.02. The summed E-state index contributed by atoms with van der Waals surface area (Å²) in [5.41, 5.74) is 3.01. The number of rotatable bonds is 8. The van der Waals surface area contributed by atoms with Crippen molar-refractivity contribution in [1.82, 2.24) is 20.6 Å². The Bertz CT molecular complexity index is 1920. The molecule has 0 bridgehead atoms. The molecular formula is C35H34N6O6. The quantitative estimate of drug-likeness (QED) is 0.117. The van der Waals surface area contributed by atoms with E-state index in [1.54, 1.807) is 36.4 Å². The summed E-state index contributed by atoms with van der Waals surface area (Å²) in [7, 11) is 0. The maximum absolute atomic E-state index is 12.9. The van der Waals surface area contributed by atoms with E-state index in [0.29, 0.717) is 45.2 Å². The third-order valence-corrected chi connectivity index (χ3v) is 9.25. The summed E-state index contributed by atoms with van der Waals surface area (Å²) >= 11 is 0. The average molecular weight is 635 g/mol. The normalized spacial score (nSPS) is 22.0. The lowest BCUT2D eigenvalue weighted by Crippen LogP contribution is -2.39. The Kier molecular flexibility index (Phi) is 9.20. The zero-order chi connectivity index (χ0) is 32.9. The summed E-state index contributed by atoms with van der Waals surface area (Å²) in [4.78, 5) is 57.1. The second-order valence-corrected chi connectivity index (χ2v) is 12.5. The van der Waals surface area contributed by atoms with Gasteiger partial charge >= 0.3 is 11.5 Å². The first-order valence-corrected chi connectivity index (χ1v) is 15.8. The first-order valence-electron chi connectivity index (χ1n) is 15.8. The minimum Gasteiger partial charge on any atom is -0.408 e. The highest BCUT2D eigenvalue weighted by Crippen LogP contribution is 2.35. The lowest BCUT2D eigenvalue weighted by Gasteiger charge is -2.34. The second kappa shape index (κ2) is 13.8. The summed E-state index contributed by atoms with van der Waals surface area (Å²) in [6, 6.07) is 12.0. The Hall–Kier alpha value is -5.62. The Morgan fingerprint density at radius 2 is 1.30 bits per heavy atom. The van der Waals surface area contributed by atoms with Crippen LogP contribution in [0.15, 0.2) is 66.1 Å². The lowest BCUT2D eigenvalue weighted by atomic mass is 9.75. The Morgan fingerprint density at radius 3 is 1.79 bits per heavy atom. The lowest BCUT2D eigenvalue weighted by molar-refractivity contribution is -0.118. The number of hydrogen-bond acceptors (Lipinski definition) is 7. The van der Waals surface area contributed by atoms with Gasteiger partial charge in [0, 0.05) is 12.1 Å². The fourth-order valence-electron chi connectivity index (χ4n) is 6.80. The zero-order valence-electron chi connectivity index (χ0n) is 25.6. The fraction of sp³-hybridized carbons (Fsp3) is 0.371. The summed E-state index contributed by atoms with van der Waals surface area (Å²) in [5, 5.41) is 15.7. The predicted molar refractivity (Wildman–Crippen MR) is 174 cm³/mol. The molecule has 2 heterocycles. The Balaban J connectivity index is 0.935. The third kappa shape index (κ3) is 7.61. The number of oxazole rings is 2. The molecule has 2 aliphatic carbocycles. The molecule has 12 heteroatoms. The smallest absolute Gasteiger partial charge is 0.408 e. The average Bonchev–Trinajstić information content (AvgIpc) is 3.63. The van der Waals surface area contributed by atoms with Gasteiger partial charge in [0.15, 0.2) is 11.2 Å². The Labute approximate surface area is 269 Å². The molecule has 0 saturated heterocycles. The van der Waals surface area contributed by atoms with Gasteiger partial charge in [0.05, 0.1) is 17.6 Å². The van der Waals surface area contributed by atoms with Gasteiger partial charge in [0.1, 0.15) is 11.6 Å². The number of aromatic amines is 2. The molecule has 4 N–H and O–H groups in total. The molecule has 12 nitrogen and oxygen atoms in total. The molecule has 0 atom stereocenters. The molecule has 240 valence electrons. The van der Waals surface area contributed by atoms with Crippen LogP contribution in [0.3, 0.4) is 0 Å². The first kappa shape index (κ1) is 31.4. The number of H-pyrrole nitrogens is 2. The highest BCUT2D eigenvalue weighted by atomic mass is 16.4. The number of benzene rings is 2. The van der Waals surface area contributed by atoms with E-state index in [9.17, 15) is 24.4 Å². The largest absolute Gasteiger partial charge is 0.417 e. The predicted octanol–water partition coefficient (Wildman–Crippen LogP) is 5.16. The van der Waals surface area contributed by atoms with Gasteiger partial charge in [-0.15, -0.1) is 0 Å². The van der Waals surface area contributed by atoms with E-state index in [2.05, 4.69) is 25.4 Å². The molecule has 4 aromatic rings. The van der Waals surface area contributed by atoms with Crippen molar-refractivity contribution in [2.24, 2.45) is 11.8 Å². The van der Waals surface area contributed by atoms with E-state index >= 15 is 0 Å². The molecule has 0 spiro atoms. The van der Waals surface area contributed by atoms with Crippen LogP contribution in [0.25, 0.3) is 39.2 Å². The topological polar surface area (TPSA) is 178 Å². The monoisotopic (exact) mass is 634 g/mol. The van der Waals surface area contributed by atoms with Crippen molar-refractivity contribution in [3.05, 3.63) is 91.3 Å². The van der Waals surface area contributed by atoms with E-state index < -0.39 is 23.3 Å². The molecular weight excluding hydrogens is 600 g/mol. The molecule has 2 aliphatic rings. The maximum atomic E-state index is 12.9. The number of amides is 2. The van der Waals surface area contributed by atoms with Crippen molar-refractivity contribution in [3.8, 4) is 6.07 Å². The van der Waals surface area contributed by atoms with Gasteiger partial charge in [0.25, 0.3) is 17.5 Å². The van der Waals surface area contributed by atoms with Crippen LogP contribution in [0, 0.1) is 29.7 Å². The molecule has 2 saturated carbocycles. The number of aromatic nitrogens is 2. The van der Waals surface area contributed by atoms with Gasteiger partial charge in [0.2, 0.25) is 0 Å². The van der Waals surface area contributed by atoms with Gasteiger partial charge in [-0.1, -0.05) is 12.1 Å². The standard InChI is InChI=1S/C35H34N6O6/c1-37-29(16-23-7-13-28-31(18-23)47-35(45)41-28)33(43)39-26-10-4-21(5-11-26)14-20-2-8-25(9-3-20)38-32(42)24(19-36)15-22-6-12-27-30(17-22)46-34(44)40-27/h6-7,12-13,15-18,20-21,25-26H,2-5,8-11,14H2,(H,38,42)(H,39,43)(H,40,44)(H,41,45)/b24-15+,29-16-. The van der Waals surface area contributed by atoms with Crippen molar-refractivity contribution in [2.75, 3.05) is 0 Å². The minimum atomic E-state index is -0.561. The molecule has 47 heavy (non-hydrogen) atoms. The molecule has 0 radical (unpaired) electrons. The number of nitrogens with one attached hydrogen (secondary N) is 4. The van der Waals surface area contributed by atoms with Crippen molar-refractivity contribution in [3.63, 3.8) is 0 Å². The highest BCUT2D eigenvalue weighted by Gasteiger charge is 2.29. The molecule has 0 unspecified atom stereocenters. The number of carbonyl (C=O) groups excluding carboxylic acids is 2. The van der Waals surface area contributed by atoms with Crippen LogP contribution in [0.5, 0.6) is 0 Å². The molecule has 2 amide bonds. The number of fused-ring (bicyclic) bond motifs is 2. The summed E-state index contributed by atoms with van der Waals surface area (Å²) in [5.74, 6) is -0.769. The van der Waals surface area contributed by atoms with Gasteiger partial charge in [-0.3, -0.25) is 19.6 Å². The van der Waals surface area contributed by atoms with Gasteiger partial charge in [-0.05, 0) is 117 Å². The van der Waals surface area contributed by atoms with E-state index in [4.69, 9.17) is 15.4 Å². The second-order valence-electron chi connectivity index (χ2n) is 12.5. The molecule has 2 aromatic carbocycles. The van der Waals surface area contributed by atoms with Crippen LogP contribution in [-0.4, -0.2) is 33.9 Å². The van der Waals surface area contributed by atoms with Gasteiger partial charge in [-0.2, -0.15) is 5.26 Å². The summed E-state index contributed by atoms with van der Waals surface area (Å²) < 4.78 is 10.1. The number of carbonyl (C=O) groups is 2. The molecule has 2 fully saturated rings. The molecule has 6 rings (SSSR count). The summed E-state index contributed by atoms with van der Waals surface area (Å²) in [6.45, 7) is 7.52. The van der Waals surface area contributed by atoms with Crippen LogP contribution in [0.2, 0.25) is 0 Å².